The van der Waals surface area contributed by atoms with Crippen LogP contribution in [0.5, 0.6) is 0 Å². The minimum atomic E-state index is -6.35. The summed E-state index contributed by atoms with van der Waals surface area (Å²) in [4.78, 5) is 11.8. The molecule has 0 saturated carbocycles. The molecule has 180 valence electrons. The van der Waals surface area contributed by atoms with Gasteiger partial charge < -0.3 is 13.7 Å². The summed E-state index contributed by atoms with van der Waals surface area (Å²) in [6.45, 7) is 5.76. The fourth-order valence-electron chi connectivity index (χ4n) is 2.91. The van der Waals surface area contributed by atoms with Crippen molar-refractivity contribution in [2.24, 2.45) is 0 Å². The molecule has 0 aromatic heterocycles. The first kappa shape index (κ1) is 29.1. The molecule has 1 unspecified atom stereocenters. The summed E-state index contributed by atoms with van der Waals surface area (Å²) in [5.41, 5.74) is -5.41. The first-order valence-electron chi connectivity index (χ1n) is 9.17. The Morgan fingerprint density at radius 1 is 1.03 bits per heavy atom. The van der Waals surface area contributed by atoms with E-state index in [4.69, 9.17) is 4.43 Å². The van der Waals surface area contributed by atoms with Crippen LogP contribution in [0.25, 0.3) is 0 Å². The molecule has 1 atom stereocenters. The molecule has 0 aliphatic heterocycles. The summed E-state index contributed by atoms with van der Waals surface area (Å²) in [6, 6.07) is 0. The SMILES string of the molecule is CCCCC(CCCC(=O)OC(CS(=O)(=O)[O-])(C(F)(F)F)C(F)(F)F)[Si](C)(C)OC. The highest BCUT2D eigenvalue weighted by molar-refractivity contribution is 7.85. The first-order valence-corrected chi connectivity index (χ1v) is 13.7. The number of alkyl halides is 6. The van der Waals surface area contributed by atoms with Crippen LogP contribution in [-0.4, -0.2) is 58.1 Å². The van der Waals surface area contributed by atoms with Crippen LogP contribution in [0.4, 0.5) is 26.3 Å². The van der Waals surface area contributed by atoms with Gasteiger partial charge in [-0.3, -0.25) is 4.79 Å². The van der Waals surface area contributed by atoms with Gasteiger partial charge in [0, 0.05) is 13.5 Å². The van der Waals surface area contributed by atoms with E-state index in [1.807, 2.05) is 20.0 Å². The number of hydrogen-bond donors (Lipinski definition) is 0. The third-order valence-corrected chi connectivity index (χ3v) is 9.29. The van der Waals surface area contributed by atoms with E-state index in [2.05, 4.69) is 4.74 Å². The third kappa shape index (κ3) is 8.34. The highest BCUT2D eigenvalue weighted by atomic mass is 32.2. The zero-order valence-corrected chi connectivity index (χ0v) is 19.0. The van der Waals surface area contributed by atoms with Crippen molar-refractivity contribution >= 4 is 24.4 Å². The Bertz CT molecular complexity index is 648. The van der Waals surface area contributed by atoms with Gasteiger partial charge in [0.2, 0.25) is 0 Å². The molecular formula is C16H27F6O6SSi-. The van der Waals surface area contributed by atoms with E-state index in [-0.39, 0.29) is 12.0 Å². The number of rotatable bonds is 12. The van der Waals surface area contributed by atoms with Gasteiger partial charge in [0.05, 0.1) is 15.9 Å². The van der Waals surface area contributed by atoms with Gasteiger partial charge in [-0.15, -0.1) is 0 Å². The molecule has 14 heteroatoms. The Morgan fingerprint density at radius 3 is 1.87 bits per heavy atom. The van der Waals surface area contributed by atoms with E-state index in [1.165, 1.54) is 7.11 Å². The van der Waals surface area contributed by atoms with Gasteiger partial charge in [0.25, 0.3) is 0 Å². The second kappa shape index (κ2) is 10.6. The summed E-state index contributed by atoms with van der Waals surface area (Å²) < 4.78 is 120. The second-order valence-electron chi connectivity index (χ2n) is 7.54. The molecule has 0 saturated heterocycles. The van der Waals surface area contributed by atoms with Crippen molar-refractivity contribution in [1.82, 2.24) is 0 Å². The zero-order valence-electron chi connectivity index (χ0n) is 17.2. The van der Waals surface area contributed by atoms with Crippen molar-refractivity contribution in [3.63, 3.8) is 0 Å². The molecule has 0 fully saturated rings. The van der Waals surface area contributed by atoms with Crippen LogP contribution in [0.2, 0.25) is 18.6 Å². The maximum atomic E-state index is 13.1. The minimum Gasteiger partial charge on any atom is -0.748 e. The average molecular weight is 490 g/mol. The molecule has 0 heterocycles. The van der Waals surface area contributed by atoms with Crippen molar-refractivity contribution in [3.05, 3.63) is 0 Å². The van der Waals surface area contributed by atoms with Gasteiger partial charge >= 0.3 is 23.9 Å². The Hall–Kier alpha value is -0.863. The maximum absolute atomic E-state index is 13.1. The number of unbranched alkanes of at least 4 members (excludes halogenated alkanes) is 1. The fourth-order valence-corrected chi connectivity index (χ4v) is 5.93. The maximum Gasteiger partial charge on any atom is 0.438 e. The number of halogens is 6. The summed E-state index contributed by atoms with van der Waals surface area (Å²) in [5, 5.41) is 0. The smallest absolute Gasteiger partial charge is 0.438 e. The molecule has 0 aliphatic carbocycles. The number of ether oxygens (including phenoxy) is 1. The van der Waals surface area contributed by atoms with E-state index in [0.29, 0.717) is 6.42 Å². The summed E-state index contributed by atoms with van der Waals surface area (Å²) in [5.74, 6) is -4.87. The third-order valence-electron chi connectivity index (χ3n) is 4.93. The Balaban J connectivity index is 5.44. The van der Waals surface area contributed by atoms with Crippen LogP contribution in [0.3, 0.4) is 0 Å². The standard InChI is InChI=1S/C16H28F6O6SSi/c1-5-6-8-12(30(3,4)27-2)9-7-10-13(23)28-14(15(17,18)19,16(20,21)22)11-29(24,25)26/h12H,5-11H2,1-4H3,(H,24,25,26)/p-1. The molecule has 0 radical (unpaired) electrons. The van der Waals surface area contributed by atoms with Crippen LogP contribution >= 0.6 is 0 Å². The van der Waals surface area contributed by atoms with Crippen molar-refractivity contribution < 1.29 is 53.3 Å². The largest absolute Gasteiger partial charge is 0.748 e. The Labute approximate surface area is 173 Å². The minimum absolute atomic E-state index is 0.00672. The van der Waals surface area contributed by atoms with Crippen LogP contribution in [0, 0.1) is 0 Å². The van der Waals surface area contributed by atoms with Crippen molar-refractivity contribution in [1.29, 1.82) is 0 Å². The summed E-state index contributed by atoms with van der Waals surface area (Å²) in [6.07, 6.45) is -10.8. The van der Waals surface area contributed by atoms with Gasteiger partial charge in [-0.1, -0.05) is 32.6 Å². The van der Waals surface area contributed by atoms with E-state index >= 15 is 0 Å². The topological polar surface area (TPSA) is 92.7 Å². The molecule has 0 aromatic carbocycles. The van der Waals surface area contributed by atoms with Gasteiger partial charge in [-0.25, -0.2) is 8.42 Å². The number of carbonyl (C=O) groups is 1. The van der Waals surface area contributed by atoms with E-state index < -0.39 is 54.5 Å². The summed E-state index contributed by atoms with van der Waals surface area (Å²) >= 11 is 0. The highest BCUT2D eigenvalue weighted by Gasteiger charge is 2.75. The molecular weight excluding hydrogens is 462 g/mol. The fraction of sp³-hybridized carbons (Fsp3) is 0.938. The van der Waals surface area contributed by atoms with Crippen molar-refractivity contribution in [2.75, 3.05) is 12.9 Å². The Morgan fingerprint density at radius 2 is 1.50 bits per heavy atom. The predicted molar refractivity (Wildman–Crippen MR) is 97.1 cm³/mol. The average Bonchev–Trinajstić information content (AvgIpc) is 2.53. The lowest BCUT2D eigenvalue weighted by molar-refractivity contribution is -0.361. The lowest BCUT2D eigenvalue weighted by Crippen LogP contribution is -2.63. The van der Waals surface area contributed by atoms with Crippen LogP contribution < -0.4 is 0 Å². The van der Waals surface area contributed by atoms with Crippen molar-refractivity contribution in [2.45, 2.75) is 82.0 Å². The van der Waals surface area contributed by atoms with Crippen LogP contribution in [-0.2, 0) is 24.1 Å². The molecule has 0 bridgehead atoms. The van der Waals surface area contributed by atoms with Gasteiger partial charge in [-0.2, -0.15) is 26.3 Å². The highest BCUT2D eigenvalue weighted by Crippen LogP contribution is 2.47. The zero-order chi connectivity index (χ0) is 24.0. The molecule has 30 heavy (non-hydrogen) atoms. The van der Waals surface area contributed by atoms with Gasteiger partial charge in [-0.05, 0) is 25.1 Å². The number of hydrogen-bond acceptors (Lipinski definition) is 6. The number of carbonyl (C=O) groups excluding carboxylic acids is 1. The van der Waals surface area contributed by atoms with E-state index in [0.717, 1.165) is 19.3 Å². The van der Waals surface area contributed by atoms with Crippen molar-refractivity contribution in [3.8, 4) is 0 Å². The van der Waals surface area contributed by atoms with Crippen LogP contribution in [0.1, 0.15) is 45.4 Å². The molecule has 6 nitrogen and oxygen atoms in total. The normalized spacial score (nSPS) is 15.2. The van der Waals surface area contributed by atoms with Gasteiger partial charge in [0.1, 0.15) is 0 Å². The molecule has 0 amide bonds. The Kier molecular flexibility index (Phi) is 10.3. The molecule has 0 rings (SSSR count). The van der Waals surface area contributed by atoms with Crippen LogP contribution in [0.15, 0.2) is 0 Å². The molecule has 0 aromatic rings. The monoisotopic (exact) mass is 489 g/mol. The first-order chi connectivity index (χ1) is 13.3. The lowest BCUT2D eigenvalue weighted by atomic mass is 10.0. The molecule has 0 N–H and O–H groups in total. The van der Waals surface area contributed by atoms with Gasteiger partial charge in [0.15, 0.2) is 8.32 Å². The molecule has 0 aliphatic rings. The van der Waals surface area contributed by atoms with E-state index in [1.54, 1.807) is 0 Å². The quantitative estimate of drug-likeness (QED) is 0.173. The molecule has 0 spiro atoms. The number of esters is 1. The van der Waals surface area contributed by atoms with E-state index in [9.17, 15) is 44.1 Å². The lowest BCUT2D eigenvalue weighted by Gasteiger charge is -2.37. The second-order valence-corrected chi connectivity index (χ2v) is 13.4. The summed E-state index contributed by atoms with van der Waals surface area (Å²) in [7, 11) is -6.71. The predicted octanol–water partition coefficient (Wildman–Crippen LogP) is 4.52.